The minimum absolute atomic E-state index is 0.0525. The van der Waals surface area contributed by atoms with Gasteiger partial charge in [0.25, 0.3) is 0 Å². The van der Waals surface area contributed by atoms with Crippen molar-refractivity contribution in [3.05, 3.63) is 29.8 Å². The number of benzene rings is 1. The van der Waals surface area contributed by atoms with Gasteiger partial charge in [0.05, 0.1) is 6.61 Å². The summed E-state index contributed by atoms with van der Waals surface area (Å²) in [7, 11) is 0. The molecular weight excluding hydrogens is 238 g/mol. The number of hydrogen-bond donors (Lipinski definition) is 1. The maximum atomic E-state index is 12.2. The molecule has 3 nitrogen and oxygen atoms in total. The first-order valence-corrected chi connectivity index (χ1v) is 7.07. The molecule has 0 aliphatic rings. The van der Waals surface area contributed by atoms with Gasteiger partial charge in [-0.15, -0.1) is 0 Å². The van der Waals surface area contributed by atoms with Crippen LogP contribution >= 0.6 is 0 Å². The van der Waals surface area contributed by atoms with Crippen molar-refractivity contribution in [2.45, 2.75) is 46.1 Å². The minimum Gasteiger partial charge on any atom is -0.494 e. The monoisotopic (exact) mass is 263 g/mol. The summed E-state index contributed by atoms with van der Waals surface area (Å²) in [5.41, 5.74) is 6.47. The normalized spacial score (nSPS) is 13.9. The van der Waals surface area contributed by atoms with Crippen LogP contribution in [0.5, 0.6) is 5.75 Å². The van der Waals surface area contributed by atoms with E-state index >= 15 is 0 Å². The number of rotatable bonds is 8. The highest BCUT2D eigenvalue weighted by atomic mass is 16.5. The van der Waals surface area contributed by atoms with Crippen molar-refractivity contribution >= 4 is 5.78 Å². The predicted molar refractivity (Wildman–Crippen MR) is 78.6 cm³/mol. The molecular formula is C16H25NO2. The Morgan fingerprint density at radius 1 is 1.21 bits per heavy atom. The van der Waals surface area contributed by atoms with Crippen LogP contribution in [-0.2, 0) is 0 Å². The maximum absolute atomic E-state index is 12.2. The van der Waals surface area contributed by atoms with Crippen LogP contribution < -0.4 is 10.5 Å². The van der Waals surface area contributed by atoms with Gasteiger partial charge in [-0.2, -0.15) is 0 Å². The summed E-state index contributed by atoms with van der Waals surface area (Å²) in [5, 5.41) is 0. The first kappa shape index (κ1) is 15.7. The van der Waals surface area contributed by atoms with Crippen LogP contribution in [0.3, 0.4) is 0 Å². The zero-order valence-corrected chi connectivity index (χ0v) is 12.2. The van der Waals surface area contributed by atoms with E-state index < -0.39 is 0 Å². The fraction of sp³-hybridized carbons (Fsp3) is 0.562. The molecule has 106 valence electrons. The molecule has 2 N–H and O–H groups in total. The van der Waals surface area contributed by atoms with E-state index in [1.165, 1.54) is 0 Å². The van der Waals surface area contributed by atoms with Gasteiger partial charge < -0.3 is 10.5 Å². The molecule has 1 aromatic rings. The highest BCUT2D eigenvalue weighted by Crippen LogP contribution is 2.18. The van der Waals surface area contributed by atoms with Gasteiger partial charge in [0, 0.05) is 17.5 Å². The van der Waals surface area contributed by atoms with Crippen molar-refractivity contribution in [1.29, 1.82) is 0 Å². The number of ketones is 1. The summed E-state index contributed by atoms with van der Waals surface area (Å²) < 4.78 is 5.37. The fourth-order valence-corrected chi connectivity index (χ4v) is 2.04. The zero-order valence-electron chi connectivity index (χ0n) is 12.2. The predicted octanol–water partition coefficient (Wildman–Crippen LogP) is 3.42. The van der Waals surface area contributed by atoms with Gasteiger partial charge in [0.2, 0.25) is 0 Å². The number of nitrogens with two attached hydrogens (primary N) is 1. The smallest absolute Gasteiger partial charge is 0.165 e. The first-order valence-electron chi connectivity index (χ1n) is 7.07. The summed E-state index contributed by atoms with van der Waals surface area (Å²) in [4.78, 5) is 12.2. The van der Waals surface area contributed by atoms with Crippen LogP contribution in [0.25, 0.3) is 0 Å². The Balaban J connectivity index is 2.51. The molecule has 19 heavy (non-hydrogen) atoms. The van der Waals surface area contributed by atoms with E-state index in [4.69, 9.17) is 10.5 Å². The van der Waals surface area contributed by atoms with Crippen LogP contribution in [-0.4, -0.2) is 18.4 Å². The molecule has 0 aliphatic carbocycles. The molecule has 2 atom stereocenters. The van der Waals surface area contributed by atoms with Crippen molar-refractivity contribution in [2.75, 3.05) is 6.61 Å². The Morgan fingerprint density at radius 3 is 2.37 bits per heavy atom. The van der Waals surface area contributed by atoms with Gasteiger partial charge in [-0.25, -0.2) is 0 Å². The van der Waals surface area contributed by atoms with Crippen LogP contribution in [0.2, 0.25) is 0 Å². The highest BCUT2D eigenvalue weighted by Gasteiger charge is 2.15. The quantitative estimate of drug-likeness (QED) is 0.731. The van der Waals surface area contributed by atoms with Gasteiger partial charge in [-0.1, -0.05) is 13.3 Å². The van der Waals surface area contributed by atoms with E-state index in [1.54, 1.807) is 0 Å². The van der Waals surface area contributed by atoms with E-state index in [0.29, 0.717) is 6.61 Å². The highest BCUT2D eigenvalue weighted by molar-refractivity contribution is 5.97. The average molecular weight is 263 g/mol. The summed E-state index contributed by atoms with van der Waals surface area (Å²) in [6, 6.07) is 7.61. The second kappa shape index (κ2) is 7.95. The SMILES string of the molecule is CCOc1ccc(C(=O)C(C)CCCC(C)N)cc1. The van der Waals surface area contributed by atoms with Crippen molar-refractivity contribution in [2.24, 2.45) is 11.7 Å². The first-order chi connectivity index (χ1) is 9.04. The van der Waals surface area contributed by atoms with Crippen LogP contribution in [0.15, 0.2) is 24.3 Å². The van der Waals surface area contributed by atoms with Crippen LogP contribution in [0.4, 0.5) is 0 Å². The van der Waals surface area contributed by atoms with Crippen LogP contribution in [0, 0.1) is 5.92 Å². The molecule has 3 heteroatoms. The van der Waals surface area contributed by atoms with Crippen molar-refractivity contribution in [1.82, 2.24) is 0 Å². The van der Waals surface area contributed by atoms with Gasteiger partial charge in [0.15, 0.2) is 5.78 Å². The molecule has 1 rings (SSSR count). The van der Waals surface area contributed by atoms with E-state index in [2.05, 4.69) is 0 Å². The Kier molecular flexibility index (Phi) is 6.57. The second-order valence-electron chi connectivity index (χ2n) is 5.13. The van der Waals surface area contributed by atoms with E-state index in [1.807, 2.05) is 45.0 Å². The lowest BCUT2D eigenvalue weighted by atomic mass is 9.93. The largest absolute Gasteiger partial charge is 0.494 e. The molecule has 0 saturated heterocycles. The van der Waals surface area contributed by atoms with E-state index in [-0.39, 0.29) is 17.7 Å². The fourth-order valence-electron chi connectivity index (χ4n) is 2.04. The summed E-state index contributed by atoms with van der Waals surface area (Å²) >= 11 is 0. The molecule has 0 aliphatic heterocycles. The molecule has 0 saturated carbocycles. The number of carbonyl (C=O) groups excluding carboxylic acids is 1. The average Bonchev–Trinajstić information content (AvgIpc) is 2.38. The number of ether oxygens (including phenoxy) is 1. The van der Waals surface area contributed by atoms with E-state index in [9.17, 15) is 4.79 Å². The number of carbonyl (C=O) groups is 1. The topological polar surface area (TPSA) is 52.3 Å². The molecule has 0 bridgehead atoms. The van der Waals surface area contributed by atoms with Gasteiger partial charge in [0.1, 0.15) is 5.75 Å². The standard InChI is InChI=1S/C16H25NO2/c1-4-19-15-10-8-14(9-11-15)16(18)12(2)6-5-7-13(3)17/h8-13H,4-7,17H2,1-3H3. The van der Waals surface area contributed by atoms with Gasteiger partial charge in [-0.05, 0) is 51.0 Å². The minimum atomic E-state index is 0.0525. The number of hydrogen-bond acceptors (Lipinski definition) is 3. The van der Waals surface area contributed by atoms with Crippen molar-refractivity contribution in [3.8, 4) is 5.75 Å². The second-order valence-corrected chi connectivity index (χ2v) is 5.13. The van der Waals surface area contributed by atoms with Gasteiger partial charge >= 0.3 is 0 Å². The molecule has 2 unspecified atom stereocenters. The Morgan fingerprint density at radius 2 is 1.84 bits per heavy atom. The molecule has 0 aromatic heterocycles. The Hall–Kier alpha value is -1.35. The maximum Gasteiger partial charge on any atom is 0.165 e. The molecule has 0 fully saturated rings. The summed E-state index contributed by atoms with van der Waals surface area (Å²) in [5.74, 6) is 1.06. The molecule has 1 aromatic carbocycles. The molecule has 0 radical (unpaired) electrons. The van der Waals surface area contributed by atoms with Crippen molar-refractivity contribution in [3.63, 3.8) is 0 Å². The molecule has 0 spiro atoms. The Bertz CT molecular complexity index is 384. The van der Waals surface area contributed by atoms with Gasteiger partial charge in [-0.3, -0.25) is 4.79 Å². The summed E-state index contributed by atoms with van der Waals surface area (Å²) in [6.07, 6.45) is 2.87. The summed E-state index contributed by atoms with van der Waals surface area (Å²) in [6.45, 7) is 6.57. The van der Waals surface area contributed by atoms with E-state index in [0.717, 1.165) is 30.6 Å². The number of Topliss-reactive ketones (excluding diaryl/α,β-unsaturated/α-hetero) is 1. The molecule has 0 heterocycles. The van der Waals surface area contributed by atoms with Crippen LogP contribution in [0.1, 0.15) is 50.4 Å². The third kappa shape index (κ3) is 5.43. The Labute approximate surface area is 116 Å². The zero-order chi connectivity index (χ0) is 14.3. The lowest BCUT2D eigenvalue weighted by Gasteiger charge is -2.12. The molecule has 0 amide bonds. The lowest BCUT2D eigenvalue weighted by molar-refractivity contribution is 0.0922. The van der Waals surface area contributed by atoms with Crippen molar-refractivity contribution < 1.29 is 9.53 Å². The lowest BCUT2D eigenvalue weighted by Crippen LogP contribution is -2.16. The third-order valence-corrected chi connectivity index (χ3v) is 3.19. The third-order valence-electron chi connectivity index (χ3n) is 3.19.